The number of likely N-dealkylation sites (tertiary alicyclic amines) is 1. The van der Waals surface area contributed by atoms with Crippen molar-refractivity contribution in [2.45, 2.75) is 30.9 Å². The van der Waals surface area contributed by atoms with Crippen LogP contribution in [-0.4, -0.2) is 52.5 Å². The van der Waals surface area contributed by atoms with Crippen LogP contribution >= 0.6 is 11.8 Å². The molecule has 3 rings (SSSR count). The zero-order valence-corrected chi connectivity index (χ0v) is 14.7. The highest BCUT2D eigenvalue weighted by atomic mass is 32.2. The number of nitrogens with one attached hydrogen (secondary N) is 1. The first-order valence-electron chi connectivity index (χ1n) is 8.40. The Hall–Kier alpha value is -1.53. The van der Waals surface area contributed by atoms with E-state index in [2.05, 4.69) is 5.32 Å². The van der Waals surface area contributed by atoms with Crippen molar-refractivity contribution in [3.63, 3.8) is 0 Å². The number of carbonyl (C=O) groups excluding carboxylic acids is 2. The minimum atomic E-state index is -1.25. The lowest BCUT2D eigenvalue weighted by molar-refractivity contribution is -0.140. The molecule has 2 aliphatic heterocycles. The maximum absolute atomic E-state index is 12.4. The molecule has 5 nitrogen and oxygen atoms in total. The molecule has 0 radical (unpaired) electrons. The van der Waals surface area contributed by atoms with Gasteiger partial charge in [0.05, 0.1) is 6.04 Å². The molecule has 6 heteroatoms. The number of carbonyl (C=O) groups is 2. The Morgan fingerprint density at radius 3 is 2.67 bits per heavy atom. The Morgan fingerprint density at radius 1 is 1.33 bits per heavy atom. The molecule has 0 aromatic heterocycles. The lowest BCUT2D eigenvalue weighted by atomic mass is 9.92. The van der Waals surface area contributed by atoms with Crippen LogP contribution in [-0.2, 0) is 9.59 Å². The predicted octanol–water partition coefficient (Wildman–Crippen LogP) is 1.58. The molecule has 2 fully saturated rings. The third-order valence-electron chi connectivity index (χ3n) is 5.10. The van der Waals surface area contributed by atoms with Crippen LogP contribution < -0.4 is 5.32 Å². The second-order valence-electron chi connectivity index (χ2n) is 6.68. The van der Waals surface area contributed by atoms with Gasteiger partial charge in [-0.1, -0.05) is 30.3 Å². The largest absolute Gasteiger partial charge is 0.380 e. The fourth-order valence-electron chi connectivity index (χ4n) is 3.61. The molecule has 2 amide bonds. The molecule has 2 N–H and O–H groups in total. The number of nitrogens with zero attached hydrogens (tertiary/aromatic N) is 1. The molecule has 1 aromatic rings. The van der Waals surface area contributed by atoms with Gasteiger partial charge in [-0.2, -0.15) is 11.8 Å². The van der Waals surface area contributed by atoms with Crippen molar-refractivity contribution in [2.24, 2.45) is 5.92 Å². The van der Waals surface area contributed by atoms with Crippen molar-refractivity contribution < 1.29 is 14.7 Å². The third-order valence-corrected chi connectivity index (χ3v) is 6.09. The van der Waals surface area contributed by atoms with E-state index in [1.54, 1.807) is 16.7 Å². The number of aliphatic hydroxyl groups is 1. The summed E-state index contributed by atoms with van der Waals surface area (Å²) < 4.78 is 0. The SMILES string of the molecule is CN1C(=O)C[C@@H](CNC(=O)C2(O)CCSCC2)[C@@H]1c1ccccc1. The van der Waals surface area contributed by atoms with E-state index in [4.69, 9.17) is 0 Å². The zero-order valence-electron chi connectivity index (χ0n) is 13.9. The van der Waals surface area contributed by atoms with E-state index in [-0.39, 0.29) is 23.8 Å². The van der Waals surface area contributed by atoms with E-state index in [0.29, 0.717) is 25.8 Å². The molecule has 24 heavy (non-hydrogen) atoms. The summed E-state index contributed by atoms with van der Waals surface area (Å²) in [5, 5.41) is 13.4. The Bertz CT molecular complexity index is 602. The molecule has 2 saturated heterocycles. The summed E-state index contributed by atoms with van der Waals surface area (Å²) >= 11 is 1.76. The predicted molar refractivity (Wildman–Crippen MR) is 94.6 cm³/mol. The van der Waals surface area contributed by atoms with Gasteiger partial charge in [-0.3, -0.25) is 9.59 Å². The molecular formula is C18H24N2O3S. The number of benzene rings is 1. The summed E-state index contributed by atoms with van der Waals surface area (Å²) in [5.41, 5.74) is -0.167. The number of hydrogen-bond acceptors (Lipinski definition) is 4. The van der Waals surface area contributed by atoms with E-state index >= 15 is 0 Å². The first-order valence-corrected chi connectivity index (χ1v) is 9.56. The van der Waals surface area contributed by atoms with Crippen LogP contribution in [0.4, 0.5) is 0 Å². The molecule has 0 saturated carbocycles. The summed E-state index contributed by atoms with van der Waals surface area (Å²) in [6.07, 6.45) is 1.41. The van der Waals surface area contributed by atoms with E-state index in [1.807, 2.05) is 37.4 Å². The number of hydrogen-bond donors (Lipinski definition) is 2. The van der Waals surface area contributed by atoms with Crippen LogP contribution in [0.2, 0.25) is 0 Å². The van der Waals surface area contributed by atoms with Crippen molar-refractivity contribution in [2.75, 3.05) is 25.1 Å². The number of rotatable bonds is 4. The monoisotopic (exact) mass is 348 g/mol. The molecule has 2 heterocycles. The Labute approximate surface area is 146 Å². The van der Waals surface area contributed by atoms with Gasteiger partial charge < -0.3 is 15.3 Å². The molecule has 1 aromatic carbocycles. The summed E-state index contributed by atoms with van der Waals surface area (Å²) in [5.74, 6) is 1.44. The van der Waals surface area contributed by atoms with Gasteiger partial charge in [0, 0.05) is 25.9 Å². The fourth-order valence-corrected chi connectivity index (χ4v) is 4.77. The van der Waals surface area contributed by atoms with E-state index < -0.39 is 5.60 Å². The van der Waals surface area contributed by atoms with Gasteiger partial charge in [0.15, 0.2) is 0 Å². The smallest absolute Gasteiger partial charge is 0.252 e. The quantitative estimate of drug-likeness (QED) is 0.867. The van der Waals surface area contributed by atoms with Crippen molar-refractivity contribution in [1.82, 2.24) is 10.2 Å². The lowest BCUT2D eigenvalue weighted by Gasteiger charge is -2.31. The average molecular weight is 348 g/mol. The summed E-state index contributed by atoms with van der Waals surface area (Å²) in [4.78, 5) is 26.3. The van der Waals surface area contributed by atoms with Crippen LogP contribution in [0, 0.1) is 5.92 Å². The van der Waals surface area contributed by atoms with Crippen LogP contribution in [0.1, 0.15) is 30.9 Å². The van der Waals surface area contributed by atoms with Crippen LogP contribution in [0.25, 0.3) is 0 Å². The van der Waals surface area contributed by atoms with E-state index in [1.165, 1.54) is 0 Å². The van der Waals surface area contributed by atoms with Gasteiger partial charge in [0.25, 0.3) is 5.91 Å². The topological polar surface area (TPSA) is 69.6 Å². The lowest BCUT2D eigenvalue weighted by Crippen LogP contribution is -2.50. The molecule has 130 valence electrons. The normalized spacial score (nSPS) is 26.4. The fraction of sp³-hybridized carbons (Fsp3) is 0.556. The van der Waals surface area contributed by atoms with Crippen molar-refractivity contribution in [1.29, 1.82) is 0 Å². The van der Waals surface area contributed by atoms with Gasteiger partial charge in [0.2, 0.25) is 5.91 Å². The second-order valence-corrected chi connectivity index (χ2v) is 7.90. The standard InChI is InChI=1S/C18H24N2O3S/c1-20-15(21)11-14(16(20)13-5-3-2-4-6-13)12-19-17(22)18(23)7-9-24-10-8-18/h2-6,14,16,23H,7-12H2,1H3,(H,19,22)/t14-,16-/m0/s1. The molecular weight excluding hydrogens is 324 g/mol. The summed E-state index contributed by atoms with van der Waals surface area (Å²) in [7, 11) is 1.81. The van der Waals surface area contributed by atoms with E-state index in [0.717, 1.165) is 17.1 Å². The Balaban J connectivity index is 1.67. The van der Waals surface area contributed by atoms with Gasteiger partial charge in [-0.25, -0.2) is 0 Å². The molecule has 2 atom stereocenters. The highest BCUT2D eigenvalue weighted by Gasteiger charge is 2.41. The molecule has 0 unspecified atom stereocenters. The number of thioether (sulfide) groups is 1. The maximum Gasteiger partial charge on any atom is 0.252 e. The van der Waals surface area contributed by atoms with Crippen LogP contribution in [0.5, 0.6) is 0 Å². The molecule has 0 bridgehead atoms. The zero-order chi connectivity index (χ0) is 17.2. The Morgan fingerprint density at radius 2 is 2.00 bits per heavy atom. The van der Waals surface area contributed by atoms with Crippen molar-refractivity contribution >= 4 is 23.6 Å². The third kappa shape index (κ3) is 3.44. The molecule has 0 spiro atoms. The second kappa shape index (κ2) is 7.15. The minimum Gasteiger partial charge on any atom is -0.380 e. The van der Waals surface area contributed by atoms with Gasteiger partial charge in [-0.05, 0) is 29.9 Å². The van der Waals surface area contributed by atoms with Crippen LogP contribution in [0.3, 0.4) is 0 Å². The number of amides is 2. The van der Waals surface area contributed by atoms with Gasteiger partial charge in [0.1, 0.15) is 5.60 Å². The van der Waals surface area contributed by atoms with Crippen molar-refractivity contribution in [3.8, 4) is 0 Å². The van der Waals surface area contributed by atoms with Crippen molar-refractivity contribution in [3.05, 3.63) is 35.9 Å². The van der Waals surface area contributed by atoms with Crippen LogP contribution in [0.15, 0.2) is 30.3 Å². The highest BCUT2D eigenvalue weighted by Crippen LogP contribution is 2.36. The highest BCUT2D eigenvalue weighted by molar-refractivity contribution is 7.99. The first-order chi connectivity index (χ1) is 11.5. The van der Waals surface area contributed by atoms with Gasteiger partial charge >= 0.3 is 0 Å². The minimum absolute atomic E-state index is 0.0235. The average Bonchev–Trinajstić information content (AvgIpc) is 2.88. The molecule has 0 aliphatic carbocycles. The first kappa shape index (κ1) is 17.3. The maximum atomic E-state index is 12.4. The summed E-state index contributed by atoms with van der Waals surface area (Å²) in [6.45, 7) is 0.407. The van der Waals surface area contributed by atoms with E-state index in [9.17, 15) is 14.7 Å². The van der Waals surface area contributed by atoms with Gasteiger partial charge in [-0.15, -0.1) is 0 Å². The summed E-state index contributed by atoms with van der Waals surface area (Å²) in [6, 6.07) is 9.87. The Kier molecular flexibility index (Phi) is 5.15. The molecule has 2 aliphatic rings.